The molecule has 0 bridgehead atoms. The number of benzene rings is 1. The summed E-state index contributed by atoms with van der Waals surface area (Å²) in [7, 11) is 2.10. The van der Waals surface area contributed by atoms with Gasteiger partial charge in [-0.05, 0) is 31.9 Å². The van der Waals surface area contributed by atoms with Crippen molar-refractivity contribution in [3.63, 3.8) is 0 Å². The van der Waals surface area contributed by atoms with Crippen molar-refractivity contribution in [3.8, 4) is 0 Å². The third-order valence-corrected chi connectivity index (χ3v) is 3.94. The number of para-hydroxylation sites is 2. The number of hydrazine groups is 1. The summed E-state index contributed by atoms with van der Waals surface area (Å²) in [5.74, 6) is 1.10. The number of nitrogens with zero attached hydrogens (tertiary/aromatic N) is 3. The van der Waals surface area contributed by atoms with Crippen LogP contribution < -0.4 is 5.43 Å². The van der Waals surface area contributed by atoms with Gasteiger partial charge in [-0.3, -0.25) is 0 Å². The lowest BCUT2D eigenvalue weighted by molar-refractivity contribution is 0.130. The Morgan fingerprint density at radius 2 is 1.89 bits per heavy atom. The molecule has 1 fully saturated rings. The minimum Gasteiger partial charge on any atom is -0.330 e. The molecule has 0 amide bonds. The van der Waals surface area contributed by atoms with E-state index in [1.807, 2.05) is 6.07 Å². The van der Waals surface area contributed by atoms with Gasteiger partial charge in [0, 0.05) is 20.1 Å². The van der Waals surface area contributed by atoms with Crippen LogP contribution in [0.15, 0.2) is 24.3 Å². The third-order valence-electron chi connectivity index (χ3n) is 3.94. The third kappa shape index (κ3) is 2.51. The summed E-state index contributed by atoms with van der Waals surface area (Å²) < 4.78 is 2.19. The number of rotatable bonds is 3. The molecule has 0 saturated carbocycles. The van der Waals surface area contributed by atoms with Crippen molar-refractivity contribution < 1.29 is 0 Å². The predicted octanol–water partition coefficient (Wildman–Crippen LogP) is 2.62. The van der Waals surface area contributed by atoms with E-state index in [4.69, 9.17) is 4.98 Å². The van der Waals surface area contributed by atoms with Crippen molar-refractivity contribution in [2.45, 2.75) is 32.2 Å². The van der Waals surface area contributed by atoms with E-state index >= 15 is 0 Å². The molecule has 1 aliphatic rings. The van der Waals surface area contributed by atoms with Crippen LogP contribution in [-0.4, -0.2) is 27.6 Å². The molecule has 4 nitrogen and oxygen atoms in total. The fraction of sp³-hybridized carbons (Fsp3) is 0.533. The maximum Gasteiger partial charge on any atom is 0.127 e. The van der Waals surface area contributed by atoms with Crippen LogP contribution in [0.4, 0.5) is 0 Å². The van der Waals surface area contributed by atoms with Crippen LogP contribution in [0.3, 0.4) is 0 Å². The van der Waals surface area contributed by atoms with E-state index in [0.29, 0.717) is 0 Å². The fourth-order valence-corrected chi connectivity index (χ4v) is 2.91. The summed E-state index contributed by atoms with van der Waals surface area (Å²) in [6, 6.07) is 8.56. The van der Waals surface area contributed by atoms with Gasteiger partial charge in [-0.25, -0.2) is 15.4 Å². The van der Waals surface area contributed by atoms with Crippen molar-refractivity contribution in [2.75, 3.05) is 13.1 Å². The highest BCUT2D eigenvalue weighted by Crippen LogP contribution is 2.20. The molecule has 0 aliphatic carbocycles. The summed E-state index contributed by atoms with van der Waals surface area (Å²) in [4.78, 5) is 4.75. The van der Waals surface area contributed by atoms with Crippen molar-refractivity contribution in [1.29, 1.82) is 0 Å². The maximum absolute atomic E-state index is 4.75. The Morgan fingerprint density at radius 1 is 1.16 bits per heavy atom. The van der Waals surface area contributed by atoms with Crippen LogP contribution in [0.25, 0.3) is 11.0 Å². The van der Waals surface area contributed by atoms with Gasteiger partial charge in [0.2, 0.25) is 0 Å². The molecular weight excluding hydrogens is 236 g/mol. The standard InChI is InChI=1S/C15H22N4/c1-12(17-19-10-6-3-7-11-19)15-16-13-8-4-5-9-14(13)18(15)2/h4-5,8-9,12,17H,3,6-7,10-11H2,1-2H3. The zero-order chi connectivity index (χ0) is 13.2. The topological polar surface area (TPSA) is 33.1 Å². The zero-order valence-electron chi connectivity index (χ0n) is 11.8. The van der Waals surface area contributed by atoms with E-state index in [1.165, 1.54) is 24.8 Å². The molecular formula is C15H22N4. The second-order valence-electron chi connectivity index (χ2n) is 5.42. The average molecular weight is 258 g/mol. The molecule has 3 rings (SSSR count). The van der Waals surface area contributed by atoms with Crippen LogP contribution in [-0.2, 0) is 7.05 Å². The molecule has 0 radical (unpaired) electrons. The normalized spacial score (nSPS) is 18.8. The van der Waals surface area contributed by atoms with Gasteiger partial charge in [0.25, 0.3) is 0 Å². The lowest BCUT2D eigenvalue weighted by Crippen LogP contribution is -2.43. The van der Waals surface area contributed by atoms with Crippen molar-refractivity contribution in [3.05, 3.63) is 30.1 Å². The molecule has 1 N–H and O–H groups in total. The summed E-state index contributed by atoms with van der Waals surface area (Å²) in [6.45, 7) is 4.48. The number of nitrogens with one attached hydrogen (secondary N) is 1. The first-order chi connectivity index (χ1) is 9.25. The predicted molar refractivity (Wildman–Crippen MR) is 77.7 cm³/mol. The SMILES string of the molecule is CC(NN1CCCCC1)c1nc2ccccc2n1C. The monoisotopic (exact) mass is 258 g/mol. The first kappa shape index (κ1) is 12.6. The zero-order valence-corrected chi connectivity index (χ0v) is 11.8. The minimum atomic E-state index is 0.246. The molecule has 4 heteroatoms. The Balaban J connectivity index is 1.80. The van der Waals surface area contributed by atoms with Gasteiger partial charge in [0.1, 0.15) is 5.82 Å². The van der Waals surface area contributed by atoms with Crippen LogP contribution in [0.2, 0.25) is 0 Å². The summed E-state index contributed by atoms with van der Waals surface area (Å²) >= 11 is 0. The lowest BCUT2D eigenvalue weighted by atomic mass is 10.2. The summed E-state index contributed by atoms with van der Waals surface area (Å²) in [6.07, 6.45) is 3.95. The van der Waals surface area contributed by atoms with Gasteiger partial charge < -0.3 is 4.57 Å². The molecule has 2 heterocycles. The van der Waals surface area contributed by atoms with Gasteiger partial charge in [-0.15, -0.1) is 0 Å². The number of piperidine rings is 1. The Kier molecular flexibility index (Phi) is 3.53. The number of hydrogen-bond donors (Lipinski definition) is 1. The molecule has 102 valence electrons. The fourth-order valence-electron chi connectivity index (χ4n) is 2.91. The van der Waals surface area contributed by atoms with E-state index < -0.39 is 0 Å². The van der Waals surface area contributed by atoms with Gasteiger partial charge in [0.05, 0.1) is 17.1 Å². The number of fused-ring (bicyclic) bond motifs is 1. The van der Waals surface area contributed by atoms with Crippen LogP contribution in [0, 0.1) is 0 Å². The maximum atomic E-state index is 4.75. The van der Waals surface area contributed by atoms with E-state index in [9.17, 15) is 0 Å². The Morgan fingerprint density at radius 3 is 2.63 bits per heavy atom. The highest BCUT2D eigenvalue weighted by Gasteiger charge is 2.18. The number of aromatic nitrogens is 2. The highest BCUT2D eigenvalue weighted by atomic mass is 15.5. The molecule has 0 spiro atoms. The van der Waals surface area contributed by atoms with Crippen LogP contribution in [0.1, 0.15) is 38.1 Å². The second kappa shape index (κ2) is 5.31. The van der Waals surface area contributed by atoms with Gasteiger partial charge in [-0.2, -0.15) is 0 Å². The van der Waals surface area contributed by atoms with Crippen LogP contribution in [0.5, 0.6) is 0 Å². The quantitative estimate of drug-likeness (QED) is 0.918. The van der Waals surface area contributed by atoms with Crippen molar-refractivity contribution in [2.24, 2.45) is 7.05 Å². The van der Waals surface area contributed by atoms with E-state index in [-0.39, 0.29) is 6.04 Å². The number of imidazole rings is 1. The largest absolute Gasteiger partial charge is 0.330 e. The van der Waals surface area contributed by atoms with Gasteiger partial charge >= 0.3 is 0 Å². The first-order valence-corrected chi connectivity index (χ1v) is 7.18. The molecule has 1 unspecified atom stereocenters. The minimum absolute atomic E-state index is 0.246. The van der Waals surface area contributed by atoms with E-state index in [2.05, 4.69) is 47.2 Å². The Labute approximate surface area is 114 Å². The molecule has 1 aromatic heterocycles. The van der Waals surface area contributed by atoms with E-state index in [0.717, 1.165) is 24.4 Å². The van der Waals surface area contributed by atoms with Gasteiger partial charge in [0.15, 0.2) is 0 Å². The van der Waals surface area contributed by atoms with Crippen LogP contribution >= 0.6 is 0 Å². The second-order valence-corrected chi connectivity index (χ2v) is 5.42. The highest BCUT2D eigenvalue weighted by molar-refractivity contribution is 5.75. The van der Waals surface area contributed by atoms with Gasteiger partial charge in [-0.1, -0.05) is 18.6 Å². The first-order valence-electron chi connectivity index (χ1n) is 7.18. The van der Waals surface area contributed by atoms with Crippen molar-refractivity contribution in [1.82, 2.24) is 20.0 Å². The smallest absolute Gasteiger partial charge is 0.127 e. The lowest BCUT2D eigenvalue weighted by Gasteiger charge is -2.30. The van der Waals surface area contributed by atoms with E-state index in [1.54, 1.807) is 0 Å². The number of hydrogen-bond acceptors (Lipinski definition) is 3. The summed E-state index contributed by atoms with van der Waals surface area (Å²) in [5.41, 5.74) is 5.86. The summed E-state index contributed by atoms with van der Waals surface area (Å²) in [5, 5.41) is 2.34. The average Bonchev–Trinajstić information content (AvgIpc) is 2.78. The van der Waals surface area contributed by atoms with Crippen molar-refractivity contribution >= 4 is 11.0 Å². The molecule has 1 aliphatic heterocycles. The Bertz CT molecular complexity index is 554. The molecule has 1 atom stereocenters. The molecule has 1 saturated heterocycles. The molecule has 19 heavy (non-hydrogen) atoms. The molecule has 1 aromatic carbocycles. The molecule has 2 aromatic rings. The Hall–Kier alpha value is -1.39. The number of aryl methyl sites for hydroxylation is 1.